The fraction of sp³-hybridized carbons (Fsp3) is 0.300. The molecular weight excluding hydrogens is 298 g/mol. The third-order valence-electron chi connectivity index (χ3n) is 4.52. The second-order valence-electron chi connectivity index (χ2n) is 6.19. The van der Waals surface area contributed by atoms with Crippen LogP contribution in [0.25, 0.3) is 11.0 Å². The number of amides is 1. The van der Waals surface area contributed by atoms with E-state index >= 15 is 0 Å². The standard InChI is InChI=1S/C20H23N3O/c1-3-14(2)19(15-9-5-4-6-10-15)20(24)21-13-18-22-16-11-7-8-12-17(16)23-18/h4-12,14,19H,3,13H2,1-2H3,(H,21,24)(H,22,23)/t14-,19-/m0/s1. The fourth-order valence-electron chi connectivity index (χ4n) is 3.00. The van der Waals surface area contributed by atoms with E-state index in [0.29, 0.717) is 6.54 Å². The predicted molar refractivity (Wildman–Crippen MR) is 96.6 cm³/mol. The third-order valence-corrected chi connectivity index (χ3v) is 4.52. The Balaban J connectivity index is 1.73. The number of hydrogen-bond acceptors (Lipinski definition) is 2. The van der Waals surface area contributed by atoms with Crippen LogP contribution in [-0.4, -0.2) is 15.9 Å². The molecule has 124 valence electrons. The van der Waals surface area contributed by atoms with E-state index in [2.05, 4.69) is 29.1 Å². The fourth-order valence-corrected chi connectivity index (χ4v) is 3.00. The van der Waals surface area contributed by atoms with E-state index in [1.165, 1.54) is 0 Å². The molecule has 0 radical (unpaired) electrons. The van der Waals surface area contributed by atoms with Crippen molar-refractivity contribution in [1.29, 1.82) is 0 Å². The van der Waals surface area contributed by atoms with Gasteiger partial charge in [0.05, 0.1) is 23.5 Å². The van der Waals surface area contributed by atoms with Crippen LogP contribution in [0.4, 0.5) is 0 Å². The summed E-state index contributed by atoms with van der Waals surface area (Å²) in [5.74, 6) is 0.972. The summed E-state index contributed by atoms with van der Waals surface area (Å²) in [6, 6.07) is 17.9. The van der Waals surface area contributed by atoms with Crippen LogP contribution < -0.4 is 5.32 Å². The Labute approximate surface area is 142 Å². The van der Waals surface area contributed by atoms with Gasteiger partial charge in [0.2, 0.25) is 5.91 Å². The molecule has 2 aromatic carbocycles. The first-order valence-electron chi connectivity index (χ1n) is 8.45. The second-order valence-corrected chi connectivity index (χ2v) is 6.19. The monoisotopic (exact) mass is 321 g/mol. The molecule has 1 aromatic heterocycles. The Hall–Kier alpha value is -2.62. The van der Waals surface area contributed by atoms with Crippen LogP contribution >= 0.6 is 0 Å². The van der Waals surface area contributed by atoms with E-state index in [0.717, 1.165) is 28.8 Å². The Morgan fingerprint density at radius 2 is 1.83 bits per heavy atom. The first-order valence-corrected chi connectivity index (χ1v) is 8.45. The number of H-pyrrole nitrogens is 1. The molecule has 0 saturated carbocycles. The Morgan fingerprint density at radius 3 is 2.54 bits per heavy atom. The summed E-state index contributed by atoms with van der Waals surface area (Å²) in [7, 11) is 0. The highest BCUT2D eigenvalue weighted by Gasteiger charge is 2.25. The number of hydrogen-bond donors (Lipinski definition) is 2. The molecule has 0 aliphatic rings. The summed E-state index contributed by atoms with van der Waals surface area (Å²) < 4.78 is 0. The molecule has 0 saturated heterocycles. The van der Waals surface area contributed by atoms with Crippen LogP contribution in [0.1, 0.15) is 37.6 Å². The molecule has 1 amide bonds. The van der Waals surface area contributed by atoms with Gasteiger partial charge in [0, 0.05) is 0 Å². The maximum atomic E-state index is 12.8. The molecule has 2 atom stereocenters. The minimum atomic E-state index is -0.138. The van der Waals surface area contributed by atoms with Crippen molar-refractivity contribution >= 4 is 16.9 Å². The molecule has 4 heteroatoms. The maximum Gasteiger partial charge on any atom is 0.228 e. The van der Waals surface area contributed by atoms with Crippen LogP contribution in [-0.2, 0) is 11.3 Å². The average molecular weight is 321 g/mol. The summed E-state index contributed by atoms with van der Waals surface area (Å²) >= 11 is 0. The maximum absolute atomic E-state index is 12.8. The van der Waals surface area contributed by atoms with E-state index in [-0.39, 0.29) is 17.7 Å². The van der Waals surface area contributed by atoms with Crippen LogP contribution in [0.3, 0.4) is 0 Å². The molecule has 0 unspecified atom stereocenters. The van der Waals surface area contributed by atoms with Gasteiger partial charge in [-0.25, -0.2) is 4.98 Å². The molecule has 2 N–H and O–H groups in total. The number of carbonyl (C=O) groups excluding carboxylic acids is 1. The van der Waals surface area contributed by atoms with Gasteiger partial charge in [-0.1, -0.05) is 62.7 Å². The Morgan fingerprint density at radius 1 is 1.12 bits per heavy atom. The van der Waals surface area contributed by atoms with Crippen molar-refractivity contribution in [3.05, 3.63) is 66.0 Å². The number of nitrogens with one attached hydrogen (secondary N) is 2. The number of nitrogens with zero attached hydrogens (tertiary/aromatic N) is 1. The van der Waals surface area contributed by atoms with Gasteiger partial charge in [0.1, 0.15) is 5.82 Å². The van der Waals surface area contributed by atoms with Gasteiger partial charge < -0.3 is 10.3 Å². The number of carbonyl (C=O) groups is 1. The second kappa shape index (κ2) is 7.30. The summed E-state index contributed by atoms with van der Waals surface area (Å²) in [5, 5.41) is 3.04. The molecule has 3 rings (SSSR count). The lowest BCUT2D eigenvalue weighted by atomic mass is 9.85. The number of rotatable bonds is 6. The lowest BCUT2D eigenvalue weighted by molar-refractivity contribution is -0.123. The van der Waals surface area contributed by atoms with E-state index < -0.39 is 0 Å². The molecule has 4 nitrogen and oxygen atoms in total. The van der Waals surface area contributed by atoms with Crippen molar-refractivity contribution in [2.45, 2.75) is 32.7 Å². The van der Waals surface area contributed by atoms with Crippen molar-refractivity contribution in [3.8, 4) is 0 Å². The van der Waals surface area contributed by atoms with Gasteiger partial charge in [-0.15, -0.1) is 0 Å². The molecule has 0 fully saturated rings. The van der Waals surface area contributed by atoms with E-state index in [4.69, 9.17) is 0 Å². The molecule has 0 aliphatic heterocycles. The highest BCUT2D eigenvalue weighted by molar-refractivity contribution is 5.84. The molecule has 0 spiro atoms. The highest BCUT2D eigenvalue weighted by Crippen LogP contribution is 2.27. The zero-order chi connectivity index (χ0) is 16.9. The summed E-state index contributed by atoms with van der Waals surface area (Å²) in [6.45, 7) is 4.65. The molecule has 0 aliphatic carbocycles. The summed E-state index contributed by atoms with van der Waals surface area (Å²) in [4.78, 5) is 20.5. The molecular formula is C20H23N3O. The van der Waals surface area contributed by atoms with E-state index in [9.17, 15) is 4.79 Å². The van der Waals surface area contributed by atoms with Crippen molar-refractivity contribution in [1.82, 2.24) is 15.3 Å². The molecule has 1 heterocycles. The molecule has 24 heavy (non-hydrogen) atoms. The third kappa shape index (κ3) is 3.48. The highest BCUT2D eigenvalue weighted by atomic mass is 16.1. The van der Waals surface area contributed by atoms with Crippen LogP contribution in [0.5, 0.6) is 0 Å². The first-order chi connectivity index (χ1) is 11.7. The molecule has 3 aromatic rings. The van der Waals surface area contributed by atoms with Crippen LogP contribution in [0, 0.1) is 5.92 Å². The van der Waals surface area contributed by atoms with Gasteiger partial charge in [-0.05, 0) is 23.6 Å². The lowest BCUT2D eigenvalue weighted by Crippen LogP contribution is -2.32. The average Bonchev–Trinajstić information content (AvgIpc) is 3.04. The quantitative estimate of drug-likeness (QED) is 0.721. The van der Waals surface area contributed by atoms with E-state index in [1.807, 2.05) is 54.6 Å². The normalized spacial score (nSPS) is 13.6. The number of para-hydroxylation sites is 2. The summed E-state index contributed by atoms with van der Waals surface area (Å²) in [6.07, 6.45) is 0.956. The topological polar surface area (TPSA) is 57.8 Å². The van der Waals surface area contributed by atoms with Crippen LogP contribution in [0.15, 0.2) is 54.6 Å². The Bertz CT molecular complexity index is 777. The van der Waals surface area contributed by atoms with Gasteiger partial charge in [0.15, 0.2) is 0 Å². The Kier molecular flexibility index (Phi) is 4.94. The lowest BCUT2D eigenvalue weighted by Gasteiger charge is -2.22. The van der Waals surface area contributed by atoms with Gasteiger partial charge in [-0.3, -0.25) is 4.79 Å². The SMILES string of the molecule is CC[C@H](C)[C@H](C(=O)NCc1nc2ccccc2[nH]1)c1ccccc1. The smallest absolute Gasteiger partial charge is 0.228 e. The molecule has 0 bridgehead atoms. The largest absolute Gasteiger partial charge is 0.348 e. The summed E-state index contributed by atoms with van der Waals surface area (Å²) in [5.41, 5.74) is 2.97. The predicted octanol–water partition coefficient (Wildman–Crippen LogP) is 4.01. The number of benzene rings is 2. The minimum absolute atomic E-state index is 0.0519. The van der Waals surface area contributed by atoms with Gasteiger partial charge in [0.25, 0.3) is 0 Å². The van der Waals surface area contributed by atoms with Crippen LogP contribution in [0.2, 0.25) is 0 Å². The van der Waals surface area contributed by atoms with Crippen molar-refractivity contribution < 1.29 is 4.79 Å². The van der Waals surface area contributed by atoms with E-state index in [1.54, 1.807) is 0 Å². The first kappa shape index (κ1) is 16.2. The zero-order valence-electron chi connectivity index (χ0n) is 14.1. The van der Waals surface area contributed by atoms with Crippen molar-refractivity contribution in [3.63, 3.8) is 0 Å². The minimum Gasteiger partial charge on any atom is -0.348 e. The van der Waals surface area contributed by atoms with Gasteiger partial charge >= 0.3 is 0 Å². The van der Waals surface area contributed by atoms with Crippen molar-refractivity contribution in [2.75, 3.05) is 0 Å². The number of imidazole rings is 1. The van der Waals surface area contributed by atoms with Gasteiger partial charge in [-0.2, -0.15) is 0 Å². The zero-order valence-corrected chi connectivity index (χ0v) is 14.1. The number of aromatic amines is 1. The number of fused-ring (bicyclic) bond motifs is 1. The number of aromatic nitrogens is 2. The van der Waals surface area contributed by atoms with Crippen molar-refractivity contribution in [2.24, 2.45) is 5.92 Å².